The van der Waals surface area contributed by atoms with Gasteiger partial charge in [-0.15, -0.1) is 30.3 Å². The molecule has 0 N–H and O–H groups in total. The van der Waals surface area contributed by atoms with Crippen molar-refractivity contribution in [3.8, 4) is 34.1 Å². The minimum atomic E-state index is -1.64. The molecule has 0 bridgehead atoms. The molecule has 1 aliphatic rings. The third kappa shape index (κ3) is 9.20. The van der Waals surface area contributed by atoms with Crippen LogP contribution in [-0.2, 0) is 38.3 Å². The van der Waals surface area contributed by atoms with Crippen molar-refractivity contribution in [2.24, 2.45) is 5.41 Å². The minimum absolute atomic E-state index is 0. The van der Waals surface area contributed by atoms with E-state index < -0.39 is 11.8 Å². The van der Waals surface area contributed by atoms with E-state index in [0.717, 1.165) is 116 Å². The molecule has 0 atom stereocenters. The van der Waals surface area contributed by atoms with Crippen LogP contribution in [0.1, 0.15) is 81.7 Å². The van der Waals surface area contributed by atoms with Gasteiger partial charge in [-0.2, -0.15) is 6.07 Å². The normalized spacial score (nSPS) is 13.2. The first-order valence-electron chi connectivity index (χ1n) is 30.5. The number of fused-ring (bicyclic) bond motifs is 13. The zero-order chi connectivity index (χ0) is 59.9. The van der Waals surface area contributed by atoms with E-state index in [2.05, 4.69) is 279 Å². The van der Waals surface area contributed by atoms with Crippen LogP contribution in [-0.4, -0.2) is 18.7 Å². The summed E-state index contributed by atoms with van der Waals surface area (Å²) in [5.41, 5.74) is 12.6. The Morgan fingerprint density at radius 1 is 0.477 bits per heavy atom. The summed E-state index contributed by atoms with van der Waals surface area (Å²) < 4.78 is 33.6. The smallest absolute Gasteiger partial charge is 0.135 e. The summed E-state index contributed by atoms with van der Waals surface area (Å²) in [5, 5.41) is 11.1. The van der Waals surface area contributed by atoms with E-state index in [1.165, 1.54) is 16.3 Å². The first-order valence-corrected chi connectivity index (χ1v) is 29.5. The summed E-state index contributed by atoms with van der Waals surface area (Å²) in [5.74, 6) is 1.86. The molecule has 0 saturated carbocycles. The molecule has 0 fully saturated rings. The number of pyridine rings is 1. The maximum atomic E-state index is 9.68. The van der Waals surface area contributed by atoms with Crippen molar-refractivity contribution in [3.05, 3.63) is 254 Å². The van der Waals surface area contributed by atoms with Crippen LogP contribution in [0.5, 0.6) is 11.5 Å². The molecule has 0 spiro atoms. The molecular formula is C79H66N5OPt-3. The third-order valence-electron chi connectivity index (χ3n) is 16.9. The van der Waals surface area contributed by atoms with E-state index in [1.807, 2.05) is 39.1 Å². The molecule has 6 nitrogen and oxygen atoms in total. The Bertz CT molecular complexity index is 5190. The number of rotatable bonds is 7. The third-order valence-corrected chi connectivity index (χ3v) is 16.9. The molecule has 10 aromatic carbocycles. The second-order valence-corrected chi connectivity index (χ2v) is 25.9. The molecule has 0 radical (unpaired) electrons. The Morgan fingerprint density at radius 2 is 1.02 bits per heavy atom. The summed E-state index contributed by atoms with van der Waals surface area (Å²) in [6.07, 6.45) is 0.280. The molecule has 0 amide bonds. The summed E-state index contributed by atoms with van der Waals surface area (Å²) >= 11 is 0. The molecule has 14 aromatic rings. The SMILES string of the molecule is [2H]C([2H])(c1cc(-c2cccc3c4ccccc4c4ccccc4c4cccc5c4n(c23)[CH-]N5c2[c-]c(Oc3[c-]c4c(c(-n5c6ccccc6c6ccccc65)c3)c3ccccc3n4-c3cc(C(C)(C)C)ccn3)ccc2)cc(C(C)(C)C)c1)C(C)(C)C.[Pt]. The van der Waals surface area contributed by atoms with Gasteiger partial charge in [-0.1, -0.05) is 231 Å². The minimum Gasteiger partial charge on any atom is -0.509 e. The van der Waals surface area contributed by atoms with Crippen molar-refractivity contribution in [1.29, 1.82) is 0 Å². The Labute approximate surface area is 520 Å². The molecule has 5 heterocycles. The van der Waals surface area contributed by atoms with E-state index >= 15 is 0 Å². The molecule has 86 heavy (non-hydrogen) atoms. The van der Waals surface area contributed by atoms with E-state index in [0.29, 0.717) is 17.1 Å². The number of hydrogen-bond acceptors (Lipinski definition) is 3. The van der Waals surface area contributed by atoms with Crippen molar-refractivity contribution in [2.75, 3.05) is 4.90 Å². The average Bonchev–Trinajstić information content (AvgIpc) is 1.62. The predicted molar refractivity (Wildman–Crippen MR) is 357 cm³/mol. The number of para-hydroxylation sites is 5. The number of aromatic nitrogens is 4. The summed E-state index contributed by atoms with van der Waals surface area (Å²) in [6, 6.07) is 83.3. The van der Waals surface area contributed by atoms with Crippen molar-refractivity contribution in [1.82, 2.24) is 18.7 Å². The van der Waals surface area contributed by atoms with Gasteiger partial charge in [0.2, 0.25) is 0 Å². The van der Waals surface area contributed by atoms with Crippen molar-refractivity contribution < 1.29 is 28.5 Å². The Balaban J connectivity index is 0.00000680. The Morgan fingerprint density at radius 3 is 1.65 bits per heavy atom. The largest absolute Gasteiger partial charge is 0.509 e. The molecule has 426 valence electrons. The molecule has 0 saturated heterocycles. The van der Waals surface area contributed by atoms with Crippen LogP contribution in [0.3, 0.4) is 0 Å². The zero-order valence-electron chi connectivity index (χ0n) is 51.8. The molecule has 4 aromatic heterocycles. The summed E-state index contributed by atoms with van der Waals surface area (Å²) in [6.45, 7) is 21.5. The van der Waals surface area contributed by atoms with Crippen LogP contribution in [0.25, 0.3) is 110 Å². The number of ether oxygens (including phenoxy) is 1. The number of nitrogens with zero attached hydrogens (tertiary/aromatic N) is 5. The van der Waals surface area contributed by atoms with Crippen LogP contribution in [0.15, 0.2) is 219 Å². The van der Waals surface area contributed by atoms with Crippen LogP contribution in [0.2, 0.25) is 0 Å². The van der Waals surface area contributed by atoms with Gasteiger partial charge in [-0.05, 0) is 148 Å². The van der Waals surface area contributed by atoms with Gasteiger partial charge >= 0.3 is 0 Å². The second kappa shape index (κ2) is 20.6. The summed E-state index contributed by atoms with van der Waals surface area (Å²) in [4.78, 5) is 7.31. The van der Waals surface area contributed by atoms with Crippen LogP contribution in [0, 0.1) is 24.2 Å². The Kier molecular flexibility index (Phi) is 12.5. The quantitative estimate of drug-likeness (QED) is 0.149. The molecular weight excluding hydrogens is 1230 g/mol. The monoisotopic (exact) mass is 1300 g/mol. The van der Waals surface area contributed by atoms with Gasteiger partial charge in [0.1, 0.15) is 5.82 Å². The van der Waals surface area contributed by atoms with Gasteiger partial charge in [0.25, 0.3) is 0 Å². The van der Waals surface area contributed by atoms with Crippen LogP contribution < -0.4 is 9.64 Å². The fourth-order valence-electron chi connectivity index (χ4n) is 13.1. The van der Waals surface area contributed by atoms with Gasteiger partial charge in [-0.3, -0.25) is 0 Å². The maximum Gasteiger partial charge on any atom is 0.135 e. The predicted octanol–water partition coefficient (Wildman–Crippen LogP) is 21.2. The van der Waals surface area contributed by atoms with E-state index in [4.69, 9.17) is 9.72 Å². The number of benzene rings is 10. The average molecular weight is 1300 g/mol. The maximum absolute atomic E-state index is 9.68. The van der Waals surface area contributed by atoms with Crippen LogP contribution in [0.4, 0.5) is 11.4 Å². The second-order valence-electron chi connectivity index (χ2n) is 25.9. The Hall–Kier alpha value is -9.09. The zero-order valence-corrected chi connectivity index (χ0v) is 52.1. The topological polar surface area (TPSA) is 40.1 Å². The molecule has 1 aliphatic heterocycles. The van der Waals surface area contributed by atoms with E-state index in [1.54, 1.807) is 0 Å². The van der Waals surface area contributed by atoms with Gasteiger partial charge in [-0.25, -0.2) is 4.98 Å². The van der Waals surface area contributed by atoms with Crippen molar-refractivity contribution in [3.63, 3.8) is 0 Å². The van der Waals surface area contributed by atoms with Gasteiger partial charge in [0, 0.05) is 63.5 Å². The molecule has 0 aliphatic carbocycles. The summed E-state index contributed by atoms with van der Waals surface area (Å²) in [7, 11) is 0. The van der Waals surface area contributed by atoms with Gasteiger partial charge in [0.05, 0.1) is 11.0 Å². The van der Waals surface area contributed by atoms with Crippen molar-refractivity contribution >= 4 is 98.3 Å². The first kappa shape index (κ1) is 52.5. The standard InChI is InChI=1S/C79H66N5O.Pt/c1-77(2,3)48-50-41-51(43-53(42-50)79(7,8)9)57-32-21-33-64-60-27-12-10-25-58(60)59-26-11-13-28-61(59)65-34-22-38-70-76(65)82(75(57)64)49-81(70)54-23-20-24-55(45-54)85-56-46-71(83-67-35-17-14-29-62(67)63-30-15-18-36-68(63)83)74-66-31-16-19-37-69(66)84(72(74)47-56)73-44-52(39-40-80-73)78(4,5)6;/h10-44,46,49H,48H2,1-9H3;/q-3;/i48D2;. The van der Waals surface area contributed by atoms with E-state index in [-0.39, 0.29) is 31.9 Å². The fraction of sp³-hybridized carbons (Fsp3) is 0.165. The molecule has 0 unspecified atom stereocenters. The first-order chi connectivity index (χ1) is 41.8. The van der Waals surface area contributed by atoms with Gasteiger partial charge in [0.15, 0.2) is 0 Å². The van der Waals surface area contributed by atoms with Crippen molar-refractivity contribution in [2.45, 2.75) is 79.5 Å². The molecule has 7 heteroatoms. The van der Waals surface area contributed by atoms with Crippen LogP contribution >= 0.6 is 0 Å². The number of anilines is 2. The fourth-order valence-corrected chi connectivity index (χ4v) is 13.1. The number of hydrogen-bond donors (Lipinski definition) is 0. The van der Waals surface area contributed by atoms with E-state index in [9.17, 15) is 2.74 Å². The van der Waals surface area contributed by atoms with Gasteiger partial charge < -0.3 is 23.3 Å². The molecule has 15 rings (SSSR count).